The topological polar surface area (TPSA) is 68.3 Å². The zero-order chi connectivity index (χ0) is 33.0. The van der Waals surface area contributed by atoms with Crippen molar-refractivity contribution in [3.8, 4) is 9.75 Å². The summed E-state index contributed by atoms with van der Waals surface area (Å²) in [6.07, 6.45) is 2.43. The molecular formula is C30H44F6O4S4. The average Bonchev–Trinajstić information content (AvgIpc) is 3.58. The number of rotatable bonds is 21. The van der Waals surface area contributed by atoms with Gasteiger partial charge in [0.15, 0.2) is 19.7 Å². The molecule has 2 aromatic heterocycles. The Morgan fingerprint density at radius 3 is 1.39 bits per heavy atom. The van der Waals surface area contributed by atoms with E-state index in [9.17, 15) is 43.2 Å². The van der Waals surface area contributed by atoms with Gasteiger partial charge < -0.3 is 0 Å². The fourth-order valence-corrected chi connectivity index (χ4v) is 11.7. The van der Waals surface area contributed by atoms with E-state index in [1.807, 2.05) is 0 Å². The highest BCUT2D eigenvalue weighted by Crippen LogP contribution is 2.51. The zero-order valence-electron chi connectivity index (χ0n) is 25.4. The number of hydrogen-bond acceptors (Lipinski definition) is 6. The summed E-state index contributed by atoms with van der Waals surface area (Å²) in [7, 11) is -9.09. The maximum Gasteiger partial charge on any atom is 0.419 e. The van der Waals surface area contributed by atoms with Gasteiger partial charge in [-0.05, 0) is 12.8 Å². The van der Waals surface area contributed by atoms with Gasteiger partial charge in [-0.15, -0.1) is 22.7 Å². The summed E-state index contributed by atoms with van der Waals surface area (Å²) in [6.45, 7) is 4.16. The largest absolute Gasteiger partial charge is 0.419 e. The molecule has 0 N–H and O–H groups in total. The van der Waals surface area contributed by atoms with Crippen LogP contribution in [0.15, 0.2) is 20.6 Å². The van der Waals surface area contributed by atoms with Crippen LogP contribution in [0.3, 0.4) is 0 Å². The van der Waals surface area contributed by atoms with Gasteiger partial charge in [0.1, 0.15) is 0 Å². The van der Waals surface area contributed by atoms with E-state index < -0.39 is 74.2 Å². The van der Waals surface area contributed by atoms with Crippen molar-refractivity contribution in [3.05, 3.63) is 21.9 Å². The lowest BCUT2D eigenvalue weighted by molar-refractivity contribution is -0.139. The molecule has 2 rings (SSSR count). The van der Waals surface area contributed by atoms with Crippen molar-refractivity contribution in [2.75, 3.05) is 11.5 Å². The second kappa shape index (κ2) is 17.7. The lowest BCUT2D eigenvalue weighted by atomic mass is 10.1. The van der Waals surface area contributed by atoms with Crippen LogP contribution >= 0.6 is 22.7 Å². The Morgan fingerprint density at radius 2 is 0.955 bits per heavy atom. The van der Waals surface area contributed by atoms with Crippen molar-refractivity contribution in [2.45, 2.75) is 139 Å². The monoisotopic (exact) mass is 710 g/mol. The van der Waals surface area contributed by atoms with Crippen LogP contribution in [0, 0.1) is 0 Å². The predicted octanol–water partition coefficient (Wildman–Crippen LogP) is 11.3. The fraction of sp³-hybridized carbons (Fsp3) is 0.733. The molecule has 0 spiro atoms. The first-order valence-corrected chi connectivity index (χ1v) is 20.5. The van der Waals surface area contributed by atoms with Crippen LogP contribution in [0.1, 0.15) is 128 Å². The third kappa shape index (κ3) is 11.6. The van der Waals surface area contributed by atoms with Crippen molar-refractivity contribution in [3.63, 3.8) is 0 Å². The molecule has 254 valence electrons. The van der Waals surface area contributed by atoms with Gasteiger partial charge in [0.25, 0.3) is 0 Å². The third-order valence-corrected chi connectivity index (χ3v) is 13.6. The summed E-state index contributed by atoms with van der Waals surface area (Å²) in [4.78, 5) is -3.75. The van der Waals surface area contributed by atoms with E-state index in [0.717, 1.165) is 76.0 Å². The van der Waals surface area contributed by atoms with Crippen molar-refractivity contribution in [1.29, 1.82) is 0 Å². The minimum atomic E-state index is -5.24. The van der Waals surface area contributed by atoms with Gasteiger partial charge in [-0.25, -0.2) is 16.8 Å². The summed E-state index contributed by atoms with van der Waals surface area (Å²) in [5.74, 6) is -1.19. The molecule has 2 aromatic rings. The number of unbranched alkanes of at least 4 members (excludes halogenated alkanes) is 14. The Balaban J connectivity index is 2.34. The highest BCUT2D eigenvalue weighted by molar-refractivity contribution is 7.92. The molecule has 0 amide bonds. The summed E-state index contributed by atoms with van der Waals surface area (Å²) in [6, 6.07) is 0. The summed E-state index contributed by atoms with van der Waals surface area (Å²) < 4.78 is 138. The highest BCUT2D eigenvalue weighted by atomic mass is 32.2. The Bertz CT molecular complexity index is 1360. The van der Waals surface area contributed by atoms with E-state index in [1.54, 1.807) is 0 Å². The highest BCUT2D eigenvalue weighted by Gasteiger charge is 2.45. The average molecular weight is 711 g/mol. The molecule has 4 nitrogen and oxygen atoms in total. The number of sulfone groups is 2. The first kappa shape index (κ1) is 39.1. The maximum atomic E-state index is 14.4. The molecule has 2 heterocycles. The molecule has 0 unspecified atom stereocenters. The second-order valence-corrected chi connectivity index (χ2v) is 17.1. The molecule has 0 fully saturated rings. The molecule has 0 aliphatic heterocycles. The molecule has 0 saturated carbocycles. The quantitative estimate of drug-likeness (QED) is 0.0955. The lowest BCUT2D eigenvalue weighted by Gasteiger charge is -2.14. The Hall–Kier alpha value is -1.12. The van der Waals surface area contributed by atoms with Crippen molar-refractivity contribution < 1.29 is 43.2 Å². The predicted molar refractivity (Wildman–Crippen MR) is 167 cm³/mol. The molecule has 0 radical (unpaired) electrons. The smallest absolute Gasteiger partial charge is 0.224 e. The van der Waals surface area contributed by atoms with Gasteiger partial charge in [0.05, 0.1) is 42.2 Å². The molecule has 14 heteroatoms. The zero-order valence-corrected chi connectivity index (χ0v) is 28.7. The first-order valence-electron chi connectivity index (χ1n) is 15.4. The summed E-state index contributed by atoms with van der Waals surface area (Å²) >= 11 is 0.554. The van der Waals surface area contributed by atoms with Crippen LogP contribution in [-0.2, 0) is 32.0 Å². The maximum absolute atomic E-state index is 14.4. The third-order valence-electron chi connectivity index (χ3n) is 7.48. The Morgan fingerprint density at radius 1 is 0.545 bits per heavy atom. The van der Waals surface area contributed by atoms with Gasteiger partial charge in [-0.2, -0.15) is 26.3 Å². The number of thiophene rings is 2. The molecule has 0 atom stereocenters. The van der Waals surface area contributed by atoms with Crippen LogP contribution in [0.2, 0.25) is 0 Å². The van der Waals surface area contributed by atoms with Gasteiger partial charge >= 0.3 is 12.4 Å². The van der Waals surface area contributed by atoms with Crippen LogP contribution in [0.5, 0.6) is 0 Å². The molecule has 0 aromatic carbocycles. The standard InChI is InChI=1S/C30H44F6O4S4/c1-3-5-7-9-11-13-15-17-19-43(37,38)24-22-42-26(25(24)30(34,35)36)27-28(23(21-41-27)29(31,32)33)44(39,40)20-18-16-14-12-10-8-6-4-2/h21-22H,3-20H2,1-2H3. The van der Waals surface area contributed by atoms with Crippen LogP contribution < -0.4 is 0 Å². The van der Waals surface area contributed by atoms with Crippen molar-refractivity contribution in [2.24, 2.45) is 0 Å². The lowest BCUT2D eigenvalue weighted by Crippen LogP contribution is -2.16. The van der Waals surface area contributed by atoms with Gasteiger partial charge in [0.2, 0.25) is 0 Å². The van der Waals surface area contributed by atoms with E-state index in [4.69, 9.17) is 0 Å². The molecule has 44 heavy (non-hydrogen) atoms. The van der Waals surface area contributed by atoms with E-state index in [0.29, 0.717) is 36.0 Å². The minimum absolute atomic E-state index is 0.0670. The summed E-state index contributed by atoms with van der Waals surface area (Å²) in [5.41, 5.74) is -3.12. The van der Waals surface area contributed by atoms with Crippen LogP contribution in [0.4, 0.5) is 26.3 Å². The van der Waals surface area contributed by atoms with E-state index in [1.165, 1.54) is 0 Å². The van der Waals surface area contributed by atoms with Crippen LogP contribution in [0.25, 0.3) is 9.75 Å². The van der Waals surface area contributed by atoms with E-state index in [-0.39, 0.29) is 24.2 Å². The second-order valence-electron chi connectivity index (χ2n) is 11.2. The van der Waals surface area contributed by atoms with E-state index in [2.05, 4.69) is 13.8 Å². The molecule has 0 saturated heterocycles. The Kier molecular flexibility index (Phi) is 15.7. The van der Waals surface area contributed by atoms with E-state index >= 15 is 0 Å². The molecular weight excluding hydrogens is 667 g/mol. The molecule has 0 bridgehead atoms. The number of alkyl halides is 6. The molecule has 0 aliphatic rings. The summed E-state index contributed by atoms with van der Waals surface area (Å²) in [5, 5.41) is 1.28. The van der Waals surface area contributed by atoms with Crippen molar-refractivity contribution in [1.82, 2.24) is 0 Å². The fourth-order valence-electron chi connectivity index (χ4n) is 5.08. The van der Waals surface area contributed by atoms with Crippen LogP contribution in [-0.4, -0.2) is 28.3 Å². The number of hydrogen-bond donors (Lipinski definition) is 0. The minimum Gasteiger partial charge on any atom is -0.224 e. The Labute approximate surface area is 266 Å². The van der Waals surface area contributed by atoms with Crippen molar-refractivity contribution >= 4 is 42.3 Å². The van der Waals surface area contributed by atoms with Gasteiger partial charge in [-0.3, -0.25) is 0 Å². The van der Waals surface area contributed by atoms with Gasteiger partial charge in [0, 0.05) is 10.8 Å². The molecule has 0 aliphatic carbocycles. The SMILES string of the molecule is CCCCCCCCCCS(=O)(=O)c1csc(-c2scc(C(F)(F)F)c2S(=O)(=O)CCCCCCCCCC)c1C(F)(F)F. The number of halogens is 6. The van der Waals surface area contributed by atoms with Gasteiger partial charge in [-0.1, -0.05) is 104 Å². The first-order chi connectivity index (χ1) is 20.6. The normalized spacial score (nSPS) is 13.2.